The molecule has 2 N–H and O–H groups in total. The van der Waals surface area contributed by atoms with Crippen molar-refractivity contribution in [2.45, 2.75) is 13.3 Å². The van der Waals surface area contributed by atoms with Gasteiger partial charge >= 0.3 is 0 Å². The van der Waals surface area contributed by atoms with Crippen LogP contribution >= 0.6 is 11.3 Å². The summed E-state index contributed by atoms with van der Waals surface area (Å²) in [6, 6.07) is 6.82. The van der Waals surface area contributed by atoms with E-state index in [2.05, 4.69) is 16.8 Å². The zero-order valence-corrected chi connectivity index (χ0v) is 11.0. The monoisotopic (exact) mass is 261 g/mol. The SMILES string of the molecule is Cc1cc(O)ccc1C(=O)NCCc1ccsc1. The topological polar surface area (TPSA) is 49.3 Å². The number of phenolic OH excluding ortho intramolecular Hbond substituents is 1. The number of phenols is 1. The lowest BCUT2D eigenvalue weighted by Crippen LogP contribution is -2.26. The van der Waals surface area contributed by atoms with Crippen LogP contribution in [0.15, 0.2) is 35.0 Å². The highest BCUT2D eigenvalue weighted by atomic mass is 32.1. The summed E-state index contributed by atoms with van der Waals surface area (Å²) in [7, 11) is 0. The van der Waals surface area contributed by atoms with Gasteiger partial charge in [0, 0.05) is 12.1 Å². The molecule has 0 aliphatic carbocycles. The predicted octanol–water partition coefficient (Wildman–Crippen LogP) is 2.73. The molecule has 18 heavy (non-hydrogen) atoms. The van der Waals surface area contributed by atoms with Gasteiger partial charge in [-0.2, -0.15) is 11.3 Å². The van der Waals surface area contributed by atoms with Crippen molar-refractivity contribution in [2.24, 2.45) is 0 Å². The molecule has 1 amide bonds. The van der Waals surface area contributed by atoms with E-state index in [1.54, 1.807) is 23.5 Å². The van der Waals surface area contributed by atoms with Gasteiger partial charge in [0.05, 0.1) is 0 Å². The molecule has 0 aliphatic heterocycles. The maximum absolute atomic E-state index is 11.9. The van der Waals surface area contributed by atoms with Crippen LogP contribution < -0.4 is 5.32 Å². The summed E-state index contributed by atoms with van der Waals surface area (Å²) in [6.07, 6.45) is 0.840. The third-order valence-corrected chi connectivity index (χ3v) is 3.47. The third kappa shape index (κ3) is 3.11. The lowest BCUT2D eigenvalue weighted by molar-refractivity contribution is 0.0953. The van der Waals surface area contributed by atoms with Gasteiger partial charge in [0.2, 0.25) is 0 Å². The summed E-state index contributed by atoms with van der Waals surface area (Å²) in [5.41, 5.74) is 2.63. The van der Waals surface area contributed by atoms with Crippen LogP contribution in [0.2, 0.25) is 0 Å². The van der Waals surface area contributed by atoms with Crippen LogP contribution in [-0.2, 0) is 6.42 Å². The molecule has 0 saturated heterocycles. The molecule has 4 heteroatoms. The van der Waals surface area contributed by atoms with Gasteiger partial charge in [0.15, 0.2) is 0 Å². The molecule has 0 radical (unpaired) electrons. The number of carbonyl (C=O) groups is 1. The van der Waals surface area contributed by atoms with Crippen molar-refractivity contribution in [1.82, 2.24) is 5.32 Å². The van der Waals surface area contributed by atoms with Crippen LogP contribution in [0.1, 0.15) is 21.5 Å². The standard InChI is InChI=1S/C14H15NO2S/c1-10-8-12(16)2-3-13(10)14(17)15-6-4-11-5-7-18-9-11/h2-3,5,7-9,16H,4,6H2,1H3,(H,15,17). The summed E-state index contributed by atoms with van der Waals surface area (Å²) in [6.45, 7) is 2.43. The molecule has 0 aliphatic rings. The molecule has 1 heterocycles. The Morgan fingerprint density at radius 3 is 2.89 bits per heavy atom. The Morgan fingerprint density at radius 2 is 2.22 bits per heavy atom. The summed E-state index contributed by atoms with van der Waals surface area (Å²) < 4.78 is 0. The second-order valence-electron chi connectivity index (χ2n) is 4.14. The van der Waals surface area contributed by atoms with Gasteiger partial charge in [-0.05, 0) is 59.5 Å². The molecule has 3 nitrogen and oxygen atoms in total. The van der Waals surface area contributed by atoms with E-state index in [-0.39, 0.29) is 11.7 Å². The Morgan fingerprint density at radius 1 is 1.39 bits per heavy atom. The number of carbonyl (C=O) groups excluding carboxylic acids is 1. The maximum atomic E-state index is 11.9. The van der Waals surface area contributed by atoms with Crippen LogP contribution in [0.25, 0.3) is 0 Å². The van der Waals surface area contributed by atoms with Crippen molar-refractivity contribution in [2.75, 3.05) is 6.54 Å². The molecule has 0 bridgehead atoms. The fourth-order valence-corrected chi connectivity index (χ4v) is 2.46. The molecule has 94 valence electrons. The number of nitrogens with one attached hydrogen (secondary N) is 1. The third-order valence-electron chi connectivity index (χ3n) is 2.73. The van der Waals surface area contributed by atoms with Crippen molar-refractivity contribution in [3.05, 3.63) is 51.7 Å². The molecule has 0 fully saturated rings. The molecule has 2 aromatic rings. The smallest absolute Gasteiger partial charge is 0.251 e. The molecular formula is C14H15NO2S. The molecule has 0 atom stereocenters. The van der Waals surface area contributed by atoms with Gasteiger partial charge < -0.3 is 10.4 Å². The Balaban J connectivity index is 1.91. The number of hydrogen-bond acceptors (Lipinski definition) is 3. The van der Waals surface area contributed by atoms with E-state index in [4.69, 9.17) is 0 Å². The van der Waals surface area contributed by atoms with E-state index in [1.165, 1.54) is 11.6 Å². The van der Waals surface area contributed by atoms with Crippen LogP contribution in [0, 0.1) is 6.92 Å². The summed E-state index contributed by atoms with van der Waals surface area (Å²) in [4.78, 5) is 11.9. The Kier molecular flexibility index (Phi) is 3.99. The van der Waals surface area contributed by atoms with Gasteiger partial charge in [-0.25, -0.2) is 0 Å². The molecule has 0 spiro atoms. The zero-order valence-electron chi connectivity index (χ0n) is 10.1. The van der Waals surface area contributed by atoms with E-state index in [9.17, 15) is 9.90 Å². The first-order chi connectivity index (χ1) is 8.66. The number of thiophene rings is 1. The number of amides is 1. The highest BCUT2D eigenvalue weighted by Gasteiger charge is 2.08. The van der Waals surface area contributed by atoms with Gasteiger partial charge in [-0.15, -0.1) is 0 Å². The number of aryl methyl sites for hydroxylation is 1. The summed E-state index contributed by atoms with van der Waals surface area (Å²) in [5.74, 6) is 0.0880. The predicted molar refractivity (Wildman–Crippen MR) is 73.2 cm³/mol. The fraction of sp³-hybridized carbons (Fsp3) is 0.214. The Labute approximate surface area is 110 Å². The Bertz CT molecular complexity index is 535. The maximum Gasteiger partial charge on any atom is 0.251 e. The molecular weight excluding hydrogens is 246 g/mol. The normalized spacial score (nSPS) is 10.3. The van der Waals surface area contributed by atoms with Gasteiger partial charge in [-0.1, -0.05) is 0 Å². The first-order valence-corrected chi connectivity index (χ1v) is 6.70. The van der Waals surface area contributed by atoms with E-state index < -0.39 is 0 Å². The molecule has 0 saturated carbocycles. The van der Waals surface area contributed by atoms with E-state index >= 15 is 0 Å². The molecule has 0 unspecified atom stereocenters. The highest BCUT2D eigenvalue weighted by molar-refractivity contribution is 7.07. The summed E-state index contributed by atoms with van der Waals surface area (Å²) >= 11 is 1.66. The quantitative estimate of drug-likeness (QED) is 0.889. The fourth-order valence-electron chi connectivity index (χ4n) is 1.75. The van der Waals surface area contributed by atoms with Gasteiger partial charge in [0.25, 0.3) is 5.91 Å². The lowest BCUT2D eigenvalue weighted by Gasteiger charge is -2.07. The minimum atomic E-state index is -0.0947. The minimum absolute atomic E-state index is 0.0947. The largest absolute Gasteiger partial charge is 0.508 e. The van der Waals surface area contributed by atoms with Crippen molar-refractivity contribution in [3.8, 4) is 5.75 Å². The van der Waals surface area contributed by atoms with Crippen molar-refractivity contribution >= 4 is 17.2 Å². The zero-order chi connectivity index (χ0) is 13.0. The molecule has 1 aromatic carbocycles. The van der Waals surface area contributed by atoms with Crippen LogP contribution in [0.5, 0.6) is 5.75 Å². The summed E-state index contributed by atoms with van der Waals surface area (Å²) in [5, 5.41) is 16.3. The van der Waals surface area contributed by atoms with Crippen molar-refractivity contribution < 1.29 is 9.90 Å². The lowest BCUT2D eigenvalue weighted by atomic mass is 10.1. The van der Waals surface area contributed by atoms with Crippen molar-refractivity contribution in [3.63, 3.8) is 0 Å². The average molecular weight is 261 g/mol. The van der Waals surface area contributed by atoms with E-state index in [0.29, 0.717) is 12.1 Å². The van der Waals surface area contributed by atoms with Crippen LogP contribution in [0.3, 0.4) is 0 Å². The first-order valence-electron chi connectivity index (χ1n) is 5.75. The van der Waals surface area contributed by atoms with Gasteiger partial charge in [0.1, 0.15) is 5.75 Å². The van der Waals surface area contributed by atoms with Crippen LogP contribution in [-0.4, -0.2) is 17.6 Å². The second-order valence-corrected chi connectivity index (χ2v) is 4.92. The van der Waals surface area contributed by atoms with Crippen molar-refractivity contribution in [1.29, 1.82) is 0 Å². The first kappa shape index (κ1) is 12.6. The number of hydrogen-bond donors (Lipinski definition) is 2. The minimum Gasteiger partial charge on any atom is -0.508 e. The number of aromatic hydroxyl groups is 1. The molecule has 1 aromatic heterocycles. The van der Waals surface area contributed by atoms with Gasteiger partial charge in [-0.3, -0.25) is 4.79 Å². The Hall–Kier alpha value is -1.81. The number of rotatable bonds is 4. The highest BCUT2D eigenvalue weighted by Crippen LogP contribution is 2.15. The van der Waals surface area contributed by atoms with E-state index in [0.717, 1.165) is 12.0 Å². The van der Waals surface area contributed by atoms with E-state index in [1.807, 2.05) is 12.3 Å². The molecule has 2 rings (SSSR count). The number of benzene rings is 1. The average Bonchev–Trinajstić information content (AvgIpc) is 2.81. The second kappa shape index (κ2) is 5.69. The van der Waals surface area contributed by atoms with Crippen LogP contribution in [0.4, 0.5) is 0 Å².